The van der Waals surface area contributed by atoms with Gasteiger partial charge in [0.2, 0.25) is 5.91 Å². The Morgan fingerprint density at radius 3 is 2.62 bits per heavy atom. The van der Waals surface area contributed by atoms with Gasteiger partial charge in [-0.15, -0.1) is 5.10 Å². The molecule has 0 radical (unpaired) electrons. The first kappa shape index (κ1) is 19.4. The molecule has 154 valence electrons. The molecule has 1 saturated heterocycles. The van der Waals surface area contributed by atoms with Crippen molar-refractivity contribution in [2.24, 2.45) is 0 Å². The second kappa shape index (κ2) is 9.04. The van der Waals surface area contributed by atoms with Crippen molar-refractivity contribution in [2.75, 3.05) is 32.8 Å². The molecule has 1 aromatic heterocycles. The molecule has 2 aliphatic heterocycles. The lowest BCUT2D eigenvalue weighted by Crippen LogP contribution is -2.44. The number of urea groups is 1. The van der Waals surface area contributed by atoms with Crippen LogP contribution in [0, 0.1) is 0 Å². The Hall–Kier alpha value is -2.94. The van der Waals surface area contributed by atoms with Gasteiger partial charge in [0.1, 0.15) is 0 Å². The van der Waals surface area contributed by atoms with Gasteiger partial charge in [-0.05, 0) is 5.56 Å². The predicted molar refractivity (Wildman–Crippen MR) is 105 cm³/mol. The molecule has 0 aliphatic carbocycles. The summed E-state index contributed by atoms with van der Waals surface area (Å²) >= 11 is 0. The SMILES string of the molecule is O=C(CCc1nnn2c1CN(C(=O)NCc1ccccc1)CC2)N1CCOCC1. The van der Waals surface area contributed by atoms with Crippen LogP contribution in [-0.2, 0) is 35.6 Å². The number of ether oxygens (including phenoxy) is 1. The van der Waals surface area contributed by atoms with Gasteiger partial charge in [0.15, 0.2) is 0 Å². The molecule has 0 bridgehead atoms. The first-order valence-electron chi connectivity index (χ1n) is 10.0. The number of nitrogens with zero attached hydrogens (tertiary/aromatic N) is 5. The summed E-state index contributed by atoms with van der Waals surface area (Å²) in [6.45, 7) is 4.63. The molecule has 1 aromatic carbocycles. The third-order valence-electron chi connectivity index (χ3n) is 5.35. The number of hydrogen-bond donors (Lipinski definition) is 1. The molecule has 3 amide bonds. The van der Waals surface area contributed by atoms with Crippen LogP contribution in [0.15, 0.2) is 30.3 Å². The second-order valence-corrected chi connectivity index (χ2v) is 7.26. The standard InChI is InChI=1S/C20H26N6O3/c27-19(24-10-12-29-13-11-24)7-6-17-18-15-25(8-9-26(18)23-22-17)20(28)21-14-16-4-2-1-3-5-16/h1-5H,6-15H2,(H,21,28). The van der Waals surface area contributed by atoms with Crippen LogP contribution in [0.25, 0.3) is 0 Å². The maximum absolute atomic E-state index is 12.6. The van der Waals surface area contributed by atoms with Crippen LogP contribution in [0.5, 0.6) is 0 Å². The summed E-state index contributed by atoms with van der Waals surface area (Å²) in [5.41, 5.74) is 2.78. The normalized spacial score (nSPS) is 16.4. The molecular formula is C20H26N6O3. The first-order chi connectivity index (χ1) is 14.2. The third-order valence-corrected chi connectivity index (χ3v) is 5.35. The highest BCUT2D eigenvalue weighted by Crippen LogP contribution is 2.17. The van der Waals surface area contributed by atoms with Gasteiger partial charge in [0.05, 0.1) is 37.7 Å². The third kappa shape index (κ3) is 4.73. The van der Waals surface area contributed by atoms with Gasteiger partial charge in [0.25, 0.3) is 0 Å². The van der Waals surface area contributed by atoms with E-state index in [1.807, 2.05) is 39.9 Å². The number of aromatic nitrogens is 3. The zero-order valence-electron chi connectivity index (χ0n) is 16.4. The summed E-state index contributed by atoms with van der Waals surface area (Å²) in [5, 5.41) is 11.4. The van der Waals surface area contributed by atoms with Crippen LogP contribution >= 0.6 is 0 Å². The Labute approximate surface area is 169 Å². The Balaban J connectivity index is 1.32. The Bertz CT molecular complexity index is 847. The van der Waals surface area contributed by atoms with Crippen LogP contribution in [0.4, 0.5) is 4.79 Å². The Morgan fingerprint density at radius 1 is 1.03 bits per heavy atom. The average Bonchev–Trinajstić information content (AvgIpc) is 3.19. The van der Waals surface area contributed by atoms with E-state index in [1.165, 1.54) is 0 Å². The molecule has 1 N–H and O–H groups in total. The Morgan fingerprint density at radius 2 is 1.83 bits per heavy atom. The van der Waals surface area contributed by atoms with Crippen molar-refractivity contribution in [1.29, 1.82) is 0 Å². The monoisotopic (exact) mass is 398 g/mol. The topological polar surface area (TPSA) is 92.6 Å². The lowest BCUT2D eigenvalue weighted by Gasteiger charge is -2.28. The summed E-state index contributed by atoms with van der Waals surface area (Å²) in [5.74, 6) is 0.114. The molecule has 0 spiro atoms. The van der Waals surface area contributed by atoms with E-state index in [2.05, 4.69) is 15.6 Å². The van der Waals surface area contributed by atoms with E-state index in [-0.39, 0.29) is 11.9 Å². The fourth-order valence-corrected chi connectivity index (χ4v) is 3.65. The lowest BCUT2D eigenvalue weighted by atomic mass is 10.1. The minimum atomic E-state index is -0.100. The summed E-state index contributed by atoms with van der Waals surface area (Å²) in [7, 11) is 0. The highest BCUT2D eigenvalue weighted by molar-refractivity contribution is 5.76. The molecule has 9 heteroatoms. The smallest absolute Gasteiger partial charge is 0.318 e. The van der Waals surface area contributed by atoms with Crippen LogP contribution < -0.4 is 5.32 Å². The van der Waals surface area contributed by atoms with Gasteiger partial charge in [-0.3, -0.25) is 4.79 Å². The molecule has 4 rings (SSSR count). The number of carbonyl (C=O) groups is 2. The summed E-state index contributed by atoms with van der Waals surface area (Å²) in [6, 6.07) is 9.73. The zero-order chi connectivity index (χ0) is 20.1. The van der Waals surface area contributed by atoms with Crippen molar-refractivity contribution in [3.8, 4) is 0 Å². The number of morpholine rings is 1. The largest absolute Gasteiger partial charge is 0.378 e. The number of benzene rings is 1. The summed E-state index contributed by atoms with van der Waals surface area (Å²) < 4.78 is 7.14. The fraction of sp³-hybridized carbons (Fsp3) is 0.500. The molecule has 3 heterocycles. The van der Waals surface area contributed by atoms with Gasteiger partial charge in [0, 0.05) is 39.0 Å². The molecule has 0 unspecified atom stereocenters. The van der Waals surface area contributed by atoms with Crippen molar-refractivity contribution < 1.29 is 14.3 Å². The first-order valence-corrected chi connectivity index (χ1v) is 10.0. The molecule has 2 aromatic rings. The zero-order valence-corrected chi connectivity index (χ0v) is 16.4. The molecule has 0 atom stereocenters. The minimum absolute atomic E-state index is 0.100. The van der Waals surface area contributed by atoms with Gasteiger partial charge < -0.3 is 19.9 Å². The molecule has 9 nitrogen and oxygen atoms in total. The van der Waals surface area contributed by atoms with Gasteiger partial charge in [-0.2, -0.15) is 0 Å². The van der Waals surface area contributed by atoms with Gasteiger partial charge in [-0.1, -0.05) is 35.5 Å². The molecule has 0 saturated carbocycles. The van der Waals surface area contributed by atoms with Crippen molar-refractivity contribution in [3.05, 3.63) is 47.3 Å². The van der Waals surface area contributed by atoms with E-state index in [1.54, 1.807) is 4.90 Å². The number of fused-ring (bicyclic) bond motifs is 1. The van der Waals surface area contributed by atoms with E-state index in [4.69, 9.17) is 4.74 Å². The van der Waals surface area contributed by atoms with Gasteiger partial charge >= 0.3 is 6.03 Å². The van der Waals surface area contributed by atoms with Crippen LogP contribution in [0.3, 0.4) is 0 Å². The maximum atomic E-state index is 12.6. The van der Waals surface area contributed by atoms with Crippen molar-refractivity contribution in [1.82, 2.24) is 30.1 Å². The van der Waals surface area contributed by atoms with Crippen molar-refractivity contribution in [2.45, 2.75) is 32.5 Å². The van der Waals surface area contributed by atoms with Crippen LogP contribution in [-0.4, -0.2) is 69.6 Å². The number of rotatable bonds is 5. The number of amides is 3. The predicted octanol–water partition coefficient (Wildman–Crippen LogP) is 0.795. The van der Waals surface area contributed by atoms with E-state index in [9.17, 15) is 9.59 Å². The highest BCUT2D eigenvalue weighted by atomic mass is 16.5. The highest BCUT2D eigenvalue weighted by Gasteiger charge is 2.25. The number of aryl methyl sites for hydroxylation is 1. The van der Waals surface area contributed by atoms with Crippen LogP contribution in [0.1, 0.15) is 23.4 Å². The van der Waals surface area contributed by atoms with Gasteiger partial charge in [-0.25, -0.2) is 9.48 Å². The lowest BCUT2D eigenvalue weighted by molar-refractivity contribution is -0.135. The fourth-order valence-electron chi connectivity index (χ4n) is 3.65. The van der Waals surface area contributed by atoms with Crippen molar-refractivity contribution >= 4 is 11.9 Å². The van der Waals surface area contributed by atoms with E-state index < -0.39 is 0 Å². The number of hydrogen-bond acceptors (Lipinski definition) is 5. The molecule has 29 heavy (non-hydrogen) atoms. The van der Waals surface area contributed by atoms with E-state index in [0.29, 0.717) is 65.3 Å². The van der Waals surface area contributed by atoms with E-state index in [0.717, 1.165) is 17.0 Å². The second-order valence-electron chi connectivity index (χ2n) is 7.26. The van der Waals surface area contributed by atoms with Crippen LogP contribution in [0.2, 0.25) is 0 Å². The molecular weight excluding hydrogens is 372 g/mol. The quantitative estimate of drug-likeness (QED) is 0.804. The maximum Gasteiger partial charge on any atom is 0.318 e. The molecule has 2 aliphatic rings. The number of nitrogens with one attached hydrogen (secondary N) is 1. The minimum Gasteiger partial charge on any atom is -0.378 e. The number of carbonyl (C=O) groups excluding carboxylic acids is 2. The Kier molecular flexibility index (Phi) is 6.04. The van der Waals surface area contributed by atoms with Crippen molar-refractivity contribution in [3.63, 3.8) is 0 Å². The summed E-state index contributed by atoms with van der Waals surface area (Å²) in [4.78, 5) is 28.6. The summed E-state index contributed by atoms with van der Waals surface area (Å²) in [6.07, 6.45) is 0.927. The molecule has 1 fully saturated rings. The van der Waals surface area contributed by atoms with E-state index >= 15 is 0 Å². The average molecular weight is 398 g/mol.